The molecule has 0 saturated carbocycles. The second-order valence-electron chi connectivity index (χ2n) is 13.0. The number of hydrogen-bond acceptors (Lipinski definition) is 3. The number of nitrogens with zero attached hydrogens (tertiary/aromatic N) is 3. The molecule has 6 aromatic carbocycles. The summed E-state index contributed by atoms with van der Waals surface area (Å²) in [6.45, 7) is 2.37. The summed E-state index contributed by atoms with van der Waals surface area (Å²) in [7, 11) is 0. The Morgan fingerprint density at radius 1 is 0.400 bits per heavy atom. The van der Waals surface area contributed by atoms with Crippen LogP contribution in [0.25, 0.3) is 67.3 Å². The normalized spacial score (nSPS) is 14.6. The zero-order valence-corrected chi connectivity index (χ0v) is 27.7. The Morgan fingerprint density at radius 2 is 1.00 bits per heavy atom. The molecular weight excluding hydrogens is 607 g/mol. The number of hydrogen-bond donors (Lipinski definition) is 0. The van der Waals surface area contributed by atoms with Gasteiger partial charge < -0.3 is 0 Å². The van der Waals surface area contributed by atoms with Crippen LogP contribution in [0, 0.1) is 0 Å². The van der Waals surface area contributed by atoms with Gasteiger partial charge in [0, 0.05) is 34.5 Å². The summed E-state index contributed by atoms with van der Waals surface area (Å²) in [5.41, 5.74) is 15.7. The predicted octanol–water partition coefficient (Wildman–Crippen LogP) is 11.5. The van der Waals surface area contributed by atoms with Crippen LogP contribution in [0.15, 0.2) is 182 Å². The van der Waals surface area contributed by atoms with Gasteiger partial charge in [0.1, 0.15) is 0 Å². The van der Waals surface area contributed by atoms with Crippen molar-refractivity contribution in [3.63, 3.8) is 0 Å². The van der Waals surface area contributed by atoms with Gasteiger partial charge in [-0.1, -0.05) is 146 Å². The second-order valence-corrected chi connectivity index (χ2v) is 13.0. The zero-order chi connectivity index (χ0) is 33.5. The van der Waals surface area contributed by atoms with Gasteiger partial charge >= 0.3 is 0 Å². The molecule has 2 aromatic heterocycles. The molecule has 3 nitrogen and oxygen atoms in total. The Hall–Kier alpha value is -6.45. The van der Waals surface area contributed by atoms with Crippen LogP contribution < -0.4 is 0 Å². The van der Waals surface area contributed by atoms with Crippen molar-refractivity contribution < 1.29 is 0 Å². The van der Waals surface area contributed by atoms with Gasteiger partial charge in [0.25, 0.3) is 0 Å². The van der Waals surface area contributed by atoms with Gasteiger partial charge in [0.15, 0.2) is 5.82 Å². The first-order valence-corrected chi connectivity index (χ1v) is 17.0. The van der Waals surface area contributed by atoms with Gasteiger partial charge in [-0.2, -0.15) is 0 Å². The minimum atomic E-state index is -0.294. The van der Waals surface area contributed by atoms with Gasteiger partial charge in [0.2, 0.25) is 0 Å². The molecule has 0 radical (unpaired) electrons. The van der Waals surface area contributed by atoms with Crippen molar-refractivity contribution in [3.05, 3.63) is 199 Å². The molecule has 236 valence electrons. The van der Waals surface area contributed by atoms with E-state index in [1.807, 2.05) is 36.7 Å². The average molecular weight is 640 g/mol. The summed E-state index contributed by atoms with van der Waals surface area (Å²) in [6, 6.07) is 60.1. The first-order valence-electron chi connectivity index (χ1n) is 17.0. The third-order valence-corrected chi connectivity index (χ3v) is 10.1. The minimum Gasteiger partial charge on any atom is -0.265 e. The van der Waals surface area contributed by atoms with Gasteiger partial charge in [-0.15, -0.1) is 0 Å². The molecule has 0 spiro atoms. The van der Waals surface area contributed by atoms with Crippen LogP contribution in [-0.4, -0.2) is 15.0 Å². The highest BCUT2D eigenvalue weighted by molar-refractivity contribution is 6.01. The van der Waals surface area contributed by atoms with Crippen LogP contribution in [0.5, 0.6) is 0 Å². The minimum absolute atomic E-state index is 0.294. The predicted molar refractivity (Wildman–Crippen MR) is 204 cm³/mol. The summed E-state index contributed by atoms with van der Waals surface area (Å²) in [5.74, 6) is 0.708. The molecule has 50 heavy (non-hydrogen) atoms. The summed E-state index contributed by atoms with van der Waals surface area (Å²) in [4.78, 5) is 14.5. The number of fused-ring (bicyclic) bond motifs is 3. The van der Waals surface area contributed by atoms with Crippen molar-refractivity contribution in [2.45, 2.75) is 12.3 Å². The Labute approximate surface area is 292 Å². The maximum absolute atomic E-state index is 5.14. The number of aromatic nitrogens is 3. The quantitative estimate of drug-likeness (QED) is 0.182. The van der Waals surface area contributed by atoms with Crippen LogP contribution in [-0.2, 0) is 5.41 Å². The third-order valence-electron chi connectivity index (χ3n) is 10.1. The highest BCUT2D eigenvalue weighted by Crippen LogP contribution is 2.56. The van der Waals surface area contributed by atoms with Crippen LogP contribution >= 0.6 is 0 Å². The SMILES string of the molecule is CC1(c2ccccc2)c2ccccc2-c2c1ccc(-c1cccc(-c3cc(-c4ccccc4)nc(-c4ccccc4)n3)c1)c2-c1ccncc1. The number of pyridine rings is 1. The van der Waals surface area contributed by atoms with Crippen molar-refractivity contribution >= 4 is 0 Å². The van der Waals surface area contributed by atoms with Gasteiger partial charge in [-0.25, -0.2) is 9.97 Å². The molecule has 1 aliphatic carbocycles. The molecule has 2 heterocycles. The lowest BCUT2D eigenvalue weighted by atomic mass is 9.73. The zero-order valence-electron chi connectivity index (χ0n) is 27.7. The summed E-state index contributed by atoms with van der Waals surface area (Å²) in [6.07, 6.45) is 3.78. The van der Waals surface area contributed by atoms with Crippen LogP contribution in [0.4, 0.5) is 0 Å². The molecule has 0 bridgehead atoms. The summed E-state index contributed by atoms with van der Waals surface area (Å²) < 4.78 is 0. The smallest absolute Gasteiger partial charge is 0.160 e. The van der Waals surface area contributed by atoms with Gasteiger partial charge in [-0.3, -0.25) is 4.98 Å². The maximum atomic E-state index is 5.14. The van der Waals surface area contributed by atoms with Crippen molar-refractivity contribution in [1.29, 1.82) is 0 Å². The molecular formula is C47H33N3. The monoisotopic (exact) mass is 639 g/mol. The lowest BCUT2D eigenvalue weighted by molar-refractivity contribution is 0.714. The largest absolute Gasteiger partial charge is 0.265 e. The molecule has 3 heteroatoms. The first-order chi connectivity index (χ1) is 24.7. The molecule has 1 aliphatic rings. The summed E-state index contributed by atoms with van der Waals surface area (Å²) in [5, 5.41) is 0. The lowest BCUT2D eigenvalue weighted by Gasteiger charge is -2.29. The third kappa shape index (κ3) is 4.94. The molecule has 0 N–H and O–H groups in total. The Balaban J connectivity index is 1.26. The second kappa shape index (κ2) is 12.2. The lowest BCUT2D eigenvalue weighted by Crippen LogP contribution is -2.22. The standard InChI is InChI=1S/C47H33N3/c1-47(37-20-9-4-10-21-37)40-23-12-11-22-39(40)45-41(47)25-24-38(44(45)33-26-28-48-29-27-33)35-18-13-19-36(30-35)43-31-42(32-14-5-2-6-15-32)49-46(50-43)34-16-7-3-8-17-34/h2-31H,1H3. The van der Waals surface area contributed by atoms with E-state index in [0.29, 0.717) is 5.82 Å². The first kappa shape index (κ1) is 29.7. The molecule has 8 aromatic rings. The topological polar surface area (TPSA) is 38.7 Å². The highest BCUT2D eigenvalue weighted by Gasteiger charge is 2.42. The Bertz CT molecular complexity index is 2420. The molecule has 0 fully saturated rings. The fourth-order valence-corrected chi connectivity index (χ4v) is 7.64. The number of benzene rings is 6. The van der Waals surface area contributed by atoms with Crippen molar-refractivity contribution in [1.82, 2.24) is 15.0 Å². The van der Waals surface area contributed by atoms with E-state index in [-0.39, 0.29) is 5.41 Å². The maximum Gasteiger partial charge on any atom is 0.160 e. The molecule has 0 aliphatic heterocycles. The fourth-order valence-electron chi connectivity index (χ4n) is 7.64. The highest BCUT2D eigenvalue weighted by atomic mass is 14.9. The fraction of sp³-hybridized carbons (Fsp3) is 0.0426. The van der Waals surface area contributed by atoms with Crippen LogP contribution in [0.1, 0.15) is 23.6 Å². The Kier molecular flexibility index (Phi) is 7.25. The molecule has 0 amide bonds. The van der Waals surface area contributed by atoms with E-state index in [0.717, 1.165) is 39.2 Å². The molecule has 1 unspecified atom stereocenters. The van der Waals surface area contributed by atoms with E-state index in [9.17, 15) is 0 Å². The number of rotatable bonds is 6. The van der Waals surface area contributed by atoms with Crippen molar-refractivity contribution in [2.24, 2.45) is 0 Å². The van der Waals surface area contributed by atoms with E-state index in [2.05, 4.69) is 158 Å². The van der Waals surface area contributed by atoms with Gasteiger partial charge in [0.05, 0.1) is 11.4 Å². The molecule has 0 saturated heterocycles. The average Bonchev–Trinajstić information content (AvgIpc) is 3.47. The van der Waals surface area contributed by atoms with E-state index in [1.54, 1.807) is 0 Å². The van der Waals surface area contributed by atoms with E-state index >= 15 is 0 Å². The van der Waals surface area contributed by atoms with E-state index in [4.69, 9.17) is 9.97 Å². The van der Waals surface area contributed by atoms with Crippen LogP contribution in [0.3, 0.4) is 0 Å². The van der Waals surface area contributed by atoms with Crippen molar-refractivity contribution in [2.75, 3.05) is 0 Å². The van der Waals surface area contributed by atoms with Gasteiger partial charge in [-0.05, 0) is 81.3 Å². The molecule has 9 rings (SSSR count). The molecule has 1 atom stereocenters. The van der Waals surface area contributed by atoms with E-state index in [1.165, 1.54) is 38.9 Å². The van der Waals surface area contributed by atoms with Crippen molar-refractivity contribution in [3.8, 4) is 67.3 Å². The summed E-state index contributed by atoms with van der Waals surface area (Å²) >= 11 is 0. The van der Waals surface area contributed by atoms with E-state index < -0.39 is 0 Å². The van der Waals surface area contributed by atoms with Crippen LogP contribution in [0.2, 0.25) is 0 Å². The Morgan fingerprint density at radius 3 is 1.74 bits per heavy atom.